The summed E-state index contributed by atoms with van der Waals surface area (Å²) in [5.41, 5.74) is 5.54. The summed E-state index contributed by atoms with van der Waals surface area (Å²) in [6.07, 6.45) is 4.09. The van der Waals surface area contributed by atoms with Crippen molar-refractivity contribution < 1.29 is 4.79 Å². The number of amides is 1. The Kier molecular flexibility index (Phi) is 8.07. The summed E-state index contributed by atoms with van der Waals surface area (Å²) in [6.45, 7) is 1.75. The molecule has 1 amide bonds. The molecule has 1 aliphatic rings. The average Bonchev–Trinajstić information content (AvgIpc) is 3.25. The monoisotopic (exact) mass is 634 g/mol. The first-order chi connectivity index (χ1) is 17.8. The molecule has 0 bridgehead atoms. The first-order valence-corrected chi connectivity index (χ1v) is 14.9. The highest BCUT2D eigenvalue weighted by Gasteiger charge is 2.23. The van der Waals surface area contributed by atoms with Crippen molar-refractivity contribution >= 4 is 84.1 Å². The minimum Gasteiger partial charge on any atom is -0.272 e. The molecule has 1 N–H and O–H groups in total. The number of carbonyl (C=O) groups excluding carboxylic acids is 1. The Morgan fingerprint density at radius 2 is 1.95 bits per heavy atom. The molecule has 0 spiro atoms. The quantitative estimate of drug-likeness (QED) is 0.107. The first kappa shape index (κ1) is 26.4. The summed E-state index contributed by atoms with van der Waals surface area (Å²) in [5, 5.41) is 6.33. The lowest BCUT2D eigenvalue weighted by molar-refractivity contribution is -0.118. The van der Waals surface area contributed by atoms with Gasteiger partial charge in [0.05, 0.1) is 27.6 Å². The molecule has 0 atom stereocenters. The van der Waals surface area contributed by atoms with Gasteiger partial charge in [-0.1, -0.05) is 57.0 Å². The normalized spacial score (nSPS) is 13.6. The molecule has 0 unspecified atom stereocenters. The standard InChI is InChI=1S/C26H21BrCl2N4O2S2/c1-14(18-11-8-16(28)12-20(18)29)31-32-22(34)13-36-26-30-24-23(19-4-2-3-5-21(19)37-24)25(35)33(26)17-9-6-15(27)7-10-17/h6-12H,2-5,13H2,1H3,(H,32,34). The highest BCUT2D eigenvalue weighted by atomic mass is 79.9. The molecule has 0 saturated carbocycles. The van der Waals surface area contributed by atoms with E-state index in [-0.39, 0.29) is 17.2 Å². The SMILES string of the molecule is CC(=NNC(=O)CSc1nc2sc3c(c2c(=O)n1-c1ccc(Br)cc1)CCCC3)c1ccc(Cl)cc1Cl. The molecule has 0 aliphatic heterocycles. The van der Waals surface area contributed by atoms with Crippen LogP contribution in [0.4, 0.5) is 0 Å². The second-order valence-corrected chi connectivity index (χ2v) is 12.3. The van der Waals surface area contributed by atoms with Crippen LogP contribution in [0.25, 0.3) is 15.9 Å². The third-order valence-electron chi connectivity index (χ3n) is 6.04. The van der Waals surface area contributed by atoms with Gasteiger partial charge >= 0.3 is 0 Å². The van der Waals surface area contributed by atoms with Gasteiger partial charge in [0.25, 0.3) is 11.5 Å². The lowest BCUT2D eigenvalue weighted by Crippen LogP contribution is -2.24. The van der Waals surface area contributed by atoms with Crippen LogP contribution in [0.5, 0.6) is 0 Å². The molecule has 1 aliphatic carbocycles. The number of rotatable bonds is 6. The lowest BCUT2D eigenvalue weighted by atomic mass is 9.97. The Bertz CT molecular complexity index is 1600. The van der Waals surface area contributed by atoms with Gasteiger partial charge in [-0.3, -0.25) is 14.2 Å². The summed E-state index contributed by atoms with van der Waals surface area (Å²) in [6, 6.07) is 12.6. The van der Waals surface area contributed by atoms with Crippen LogP contribution in [0.15, 0.2) is 62.0 Å². The van der Waals surface area contributed by atoms with Gasteiger partial charge in [-0.05, 0) is 74.6 Å². The van der Waals surface area contributed by atoms with Crippen LogP contribution in [0.2, 0.25) is 10.0 Å². The van der Waals surface area contributed by atoms with E-state index in [2.05, 4.69) is 26.5 Å². The van der Waals surface area contributed by atoms with Crippen molar-refractivity contribution in [2.45, 2.75) is 37.8 Å². The molecule has 37 heavy (non-hydrogen) atoms. The zero-order valence-corrected chi connectivity index (χ0v) is 24.4. The van der Waals surface area contributed by atoms with Crippen LogP contribution in [0.3, 0.4) is 0 Å². The van der Waals surface area contributed by atoms with Gasteiger partial charge < -0.3 is 0 Å². The maximum Gasteiger partial charge on any atom is 0.267 e. The summed E-state index contributed by atoms with van der Waals surface area (Å²) in [7, 11) is 0. The third kappa shape index (κ3) is 5.66. The van der Waals surface area contributed by atoms with E-state index >= 15 is 0 Å². The second-order valence-electron chi connectivity index (χ2n) is 8.55. The number of benzene rings is 2. The first-order valence-electron chi connectivity index (χ1n) is 11.6. The summed E-state index contributed by atoms with van der Waals surface area (Å²) in [5.74, 6) is -0.290. The Labute approximate surface area is 240 Å². The molecule has 4 aromatic rings. The van der Waals surface area contributed by atoms with Gasteiger partial charge in [0.15, 0.2) is 5.16 Å². The predicted molar refractivity (Wildman–Crippen MR) is 157 cm³/mol. The Morgan fingerprint density at radius 3 is 2.70 bits per heavy atom. The number of thioether (sulfide) groups is 1. The summed E-state index contributed by atoms with van der Waals surface area (Å²) in [4.78, 5) is 33.3. The van der Waals surface area contributed by atoms with Gasteiger partial charge in [-0.2, -0.15) is 5.10 Å². The van der Waals surface area contributed by atoms with Crippen molar-refractivity contribution in [3.8, 4) is 5.69 Å². The zero-order chi connectivity index (χ0) is 26.1. The number of hydrazone groups is 1. The topological polar surface area (TPSA) is 76.3 Å². The van der Waals surface area contributed by atoms with E-state index in [1.807, 2.05) is 24.3 Å². The molecule has 0 radical (unpaired) electrons. The summed E-state index contributed by atoms with van der Waals surface area (Å²) < 4.78 is 2.52. The van der Waals surface area contributed by atoms with Crippen LogP contribution in [-0.4, -0.2) is 26.9 Å². The molecule has 2 aromatic heterocycles. The van der Waals surface area contributed by atoms with Gasteiger partial charge in [0.2, 0.25) is 0 Å². The van der Waals surface area contributed by atoms with Crippen molar-refractivity contribution in [1.82, 2.24) is 15.0 Å². The van der Waals surface area contributed by atoms with Crippen LogP contribution >= 0.6 is 62.2 Å². The van der Waals surface area contributed by atoms with Crippen LogP contribution in [0.1, 0.15) is 35.8 Å². The number of halogens is 3. The Hall–Kier alpha value is -2.17. The van der Waals surface area contributed by atoms with E-state index in [1.165, 1.54) is 16.6 Å². The number of hydrogen-bond acceptors (Lipinski definition) is 6. The van der Waals surface area contributed by atoms with Gasteiger partial charge in [0.1, 0.15) is 4.83 Å². The van der Waals surface area contributed by atoms with E-state index in [0.717, 1.165) is 40.5 Å². The number of fused-ring (bicyclic) bond motifs is 3. The number of carbonyl (C=O) groups is 1. The van der Waals surface area contributed by atoms with Gasteiger partial charge in [0, 0.05) is 19.9 Å². The summed E-state index contributed by atoms with van der Waals surface area (Å²) >= 11 is 18.5. The van der Waals surface area contributed by atoms with Crippen molar-refractivity contribution in [2.75, 3.05) is 5.75 Å². The van der Waals surface area contributed by atoms with Gasteiger partial charge in [-0.15, -0.1) is 11.3 Å². The second kappa shape index (κ2) is 11.3. The molecule has 5 rings (SSSR count). The Morgan fingerprint density at radius 1 is 1.19 bits per heavy atom. The number of aryl methyl sites for hydroxylation is 2. The molecule has 2 heterocycles. The fourth-order valence-electron chi connectivity index (χ4n) is 4.25. The molecular formula is C26H21BrCl2N4O2S2. The van der Waals surface area contributed by atoms with E-state index in [4.69, 9.17) is 28.2 Å². The number of thiophene rings is 1. The van der Waals surface area contributed by atoms with Crippen molar-refractivity contribution in [1.29, 1.82) is 0 Å². The molecular weight excluding hydrogens is 615 g/mol. The van der Waals surface area contributed by atoms with Crippen molar-refractivity contribution in [3.05, 3.63) is 83.3 Å². The third-order valence-corrected chi connectivity index (χ3v) is 9.25. The smallest absolute Gasteiger partial charge is 0.267 e. The van der Waals surface area contributed by atoms with Crippen LogP contribution < -0.4 is 11.0 Å². The number of hydrogen-bond donors (Lipinski definition) is 1. The maximum atomic E-state index is 13.8. The predicted octanol–water partition coefficient (Wildman–Crippen LogP) is 7.03. The molecule has 2 aromatic carbocycles. The van der Waals surface area contributed by atoms with Gasteiger partial charge in [-0.25, -0.2) is 10.4 Å². The van der Waals surface area contributed by atoms with Crippen molar-refractivity contribution in [2.24, 2.45) is 5.10 Å². The van der Waals surface area contributed by atoms with E-state index < -0.39 is 0 Å². The fourth-order valence-corrected chi connectivity index (χ4v) is 7.17. The lowest BCUT2D eigenvalue weighted by Gasteiger charge is -2.13. The number of nitrogens with one attached hydrogen (secondary N) is 1. The van der Waals surface area contributed by atoms with Crippen LogP contribution in [0, 0.1) is 0 Å². The average molecular weight is 636 g/mol. The van der Waals surface area contributed by atoms with E-state index in [1.54, 1.807) is 41.0 Å². The number of nitrogens with zero attached hydrogens (tertiary/aromatic N) is 3. The maximum absolute atomic E-state index is 13.8. The molecule has 6 nitrogen and oxygen atoms in total. The molecule has 0 fully saturated rings. The zero-order valence-electron chi connectivity index (χ0n) is 19.7. The minimum absolute atomic E-state index is 0.0324. The highest BCUT2D eigenvalue weighted by molar-refractivity contribution is 9.10. The van der Waals surface area contributed by atoms with Crippen LogP contribution in [-0.2, 0) is 17.6 Å². The largest absolute Gasteiger partial charge is 0.272 e. The van der Waals surface area contributed by atoms with Crippen molar-refractivity contribution in [3.63, 3.8) is 0 Å². The minimum atomic E-state index is -0.323. The Balaban J connectivity index is 1.43. The van der Waals surface area contributed by atoms with E-state index in [0.29, 0.717) is 37.6 Å². The molecule has 11 heteroatoms. The molecule has 0 saturated heterocycles. The fraction of sp³-hybridized carbons (Fsp3) is 0.231. The highest BCUT2D eigenvalue weighted by Crippen LogP contribution is 2.35. The number of aromatic nitrogens is 2. The molecule has 190 valence electrons. The van der Waals surface area contributed by atoms with E-state index in [9.17, 15) is 9.59 Å².